The Morgan fingerprint density at radius 3 is 2.81 bits per heavy atom. The van der Waals surface area contributed by atoms with Gasteiger partial charge in [0.25, 0.3) is 5.91 Å². The van der Waals surface area contributed by atoms with Crippen molar-refractivity contribution in [2.45, 2.75) is 18.9 Å². The van der Waals surface area contributed by atoms with E-state index in [4.69, 9.17) is 16.0 Å². The zero-order chi connectivity index (χ0) is 18.8. The fraction of sp³-hybridized carbons (Fsp3) is 0.300. The molecule has 0 saturated carbocycles. The number of carbonyl (C=O) groups is 1. The Bertz CT molecular complexity index is 1010. The molecule has 0 radical (unpaired) electrons. The number of likely N-dealkylation sites (tertiary alicyclic amines) is 1. The molecule has 1 atom stereocenters. The van der Waals surface area contributed by atoms with E-state index in [-0.39, 0.29) is 23.1 Å². The molecule has 27 heavy (non-hydrogen) atoms. The Hall–Kier alpha value is -2.15. The van der Waals surface area contributed by atoms with Gasteiger partial charge in [0.05, 0.1) is 11.4 Å². The molecule has 3 aromatic rings. The second-order valence-electron chi connectivity index (χ2n) is 6.60. The number of amides is 1. The number of halogens is 1. The average Bonchev–Trinajstić information content (AvgIpc) is 3.36. The SMILES string of the molecule is O=C(NC[C@@H](c1cccs1)N1CCCC1)c1cc(=O)c2cc(Cl)ccc2o1. The van der Waals surface area contributed by atoms with Gasteiger partial charge in [0, 0.05) is 22.5 Å². The third-order valence-corrected chi connectivity index (χ3v) is 6.03. The summed E-state index contributed by atoms with van der Waals surface area (Å²) in [7, 11) is 0. The van der Waals surface area contributed by atoms with Crippen molar-refractivity contribution >= 4 is 39.8 Å². The summed E-state index contributed by atoms with van der Waals surface area (Å²) in [5, 5.41) is 5.81. The predicted molar refractivity (Wildman–Crippen MR) is 108 cm³/mol. The van der Waals surface area contributed by atoms with E-state index in [1.165, 1.54) is 23.8 Å². The molecule has 1 fully saturated rings. The summed E-state index contributed by atoms with van der Waals surface area (Å²) in [6.45, 7) is 2.54. The van der Waals surface area contributed by atoms with Gasteiger partial charge in [-0.3, -0.25) is 14.5 Å². The summed E-state index contributed by atoms with van der Waals surface area (Å²) in [4.78, 5) is 28.5. The number of thiophene rings is 1. The van der Waals surface area contributed by atoms with Gasteiger partial charge in [-0.2, -0.15) is 0 Å². The molecule has 140 valence electrons. The largest absolute Gasteiger partial charge is 0.451 e. The minimum atomic E-state index is -0.385. The van der Waals surface area contributed by atoms with Gasteiger partial charge in [-0.25, -0.2) is 0 Å². The quantitative estimate of drug-likeness (QED) is 0.698. The Labute approximate surface area is 165 Å². The molecule has 2 aromatic heterocycles. The molecule has 0 bridgehead atoms. The normalized spacial score (nSPS) is 15.9. The van der Waals surface area contributed by atoms with Crippen LogP contribution in [0.4, 0.5) is 0 Å². The first kappa shape index (κ1) is 18.2. The van der Waals surface area contributed by atoms with E-state index in [9.17, 15) is 9.59 Å². The first-order valence-corrected chi connectivity index (χ1v) is 10.2. The topological polar surface area (TPSA) is 62.6 Å². The Balaban J connectivity index is 1.53. The van der Waals surface area contributed by atoms with Crippen LogP contribution in [0.25, 0.3) is 11.0 Å². The Kier molecular flexibility index (Phi) is 5.29. The molecule has 7 heteroatoms. The zero-order valence-electron chi connectivity index (χ0n) is 14.6. The van der Waals surface area contributed by atoms with Gasteiger partial charge in [0.15, 0.2) is 11.2 Å². The van der Waals surface area contributed by atoms with Crippen LogP contribution in [0.5, 0.6) is 0 Å². The lowest BCUT2D eigenvalue weighted by atomic mass is 10.2. The van der Waals surface area contributed by atoms with Crippen LogP contribution in [-0.4, -0.2) is 30.4 Å². The van der Waals surface area contributed by atoms with E-state index in [0.717, 1.165) is 13.1 Å². The Morgan fingerprint density at radius 2 is 2.07 bits per heavy atom. The van der Waals surface area contributed by atoms with Gasteiger partial charge in [-0.15, -0.1) is 11.3 Å². The maximum atomic E-state index is 12.6. The third-order valence-electron chi connectivity index (χ3n) is 4.82. The molecule has 1 aliphatic rings. The number of nitrogens with one attached hydrogen (secondary N) is 1. The molecule has 3 heterocycles. The number of hydrogen-bond acceptors (Lipinski definition) is 5. The number of benzene rings is 1. The summed E-state index contributed by atoms with van der Waals surface area (Å²) in [5.41, 5.74) is 0.0737. The summed E-state index contributed by atoms with van der Waals surface area (Å²) in [5.74, 6) is -0.370. The average molecular weight is 403 g/mol. The van der Waals surface area contributed by atoms with E-state index in [1.807, 2.05) is 11.4 Å². The van der Waals surface area contributed by atoms with Crippen molar-refractivity contribution in [1.82, 2.24) is 10.2 Å². The first-order chi connectivity index (χ1) is 13.1. The van der Waals surface area contributed by atoms with Gasteiger partial charge >= 0.3 is 0 Å². The van der Waals surface area contributed by atoms with Crippen LogP contribution in [0.2, 0.25) is 5.02 Å². The molecule has 1 saturated heterocycles. The molecular formula is C20H19ClN2O3S. The zero-order valence-corrected chi connectivity index (χ0v) is 16.2. The minimum absolute atomic E-state index is 0.0150. The number of rotatable bonds is 5. The molecule has 0 unspecified atom stereocenters. The van der Waals surface area contributed by atoms with E-state index < -0.39 is 0 Å². The van der Waals surface area contributed by atoms with Crippen LogP contribution in [0.3, 0.4) is 0 Å². The van der Waals surface area contributed by atoms with Crippen molar-refractivity contribution in [1.29, 1.82) is 0 Å². The highest BCUT2D eigenvalue weighted by atomic mass is 35.5. The highest BCUT2D eigenvalue weighted by Gasteiger charge is 2.25. The molecule has 1 N–H and O–H groups in total. The van der Waals surface area contributed by atoms with Crippen LogP contribution in [-0.2, 0) is 0 Å². The van der Waals surface area contributed by atoms with Crippen LogP contribution >= 0.6 is 22.9 Å². The lowest BCUT2D eigenvalue weighted by Gasteiger charge is -2.26. The van der Waals surface area contributed by atoms with Gasteiger partial charge < -0.3 is 9.73 Å². The second-order valence-corrected chi connectivity index (χ2v) is 8.02. The van der Waals surface area contributed by atoms with Gasteiger partial charge in [-0.05, 0) is 55.6 Å². The standard InChI is InChI=1S/C20H19ClN2O3S/c21-13-5-6-17-14(10-13)16(24)11-18(26-17)20(25)22-12-15(19-4-3-9-27-19)23-7-1-2-8-23/h3-6,9-11,15H,1-2,7-8,12H2,(H,22,25)/t15-/m0/s1. The number of carbonyl (C=O) groups excluding carboxylic acids is 1. The van der Waals surface area contributed by atoms with Crippen molar-refractivity contribution in [2.24, 2.45) is 0 Å². The lowest BCUT2D eigenvalue weighted by molar-refractivity contribution is 0.0911. The van der Waals surface area contributed by atoms with Crippen molar-refractivity contribution in [2.75, 3.05) is 19.6 Å². The van der Waals surface area contributed by atoms with Crippen molar-refractivity contribution < 1.29 is 9.21 Å². The monoisotopic (exact) mass is 402 g/mol. The van der Waals surface area contributed by atoms with Crippen LogP contribution in [0.15, 0.2) is 51.0 Å². The molecule has 0 aliphatic carbocycles. The molecule has 1 aliphatic heterocycles. The molecule has 1 aromatic carbocycles. The van der Waals surface area contributed by atoms with Gasteiger partial charge in [0.2, 0.25) is 0 Å². The molecule has 1 amide bonds. The summed E-state index contributed by atoms with van der Waals surface area (Å²) in [6.07, 6.45) is 2.36. The maximum Gasteiger partial charge on any atom is 0.287 e. The maximum absolute atomic E-state index is 12.6. The van der Waals surface area contributed by atoms with E-state index >= 15 is 0 Å². The fourth-order valence-corrected chi connectivity index (χ4v) is 4.49. The summed E-state index contributed by atoms with van der Waals surface area (Å²) < 4.78 is 5.63. The third kappa shape index (κ3) is 3.93. The van der Waals surface area contributed by atoms with Crippen molar-refractivity contribution in [3.63, 3.8) is 0 Å². The molecule has 5 nitrogen and oxygen atoms in total. The minimum Gasteiger partial charge on any atom is -0.451 e. The van der Waals surface area contributed by atoms with Gasteiger partial charge in [0.1, 0.15) is 5.58 Å². The molecule has 0 spiro atoms. The van der Waals surface area contributed by atoms with Crippen molar-refractivity contribution in [3.8, 4) is 0 Å². The summed E-state index contributed by atoms with van der Waals surface area (Å²) >= 11 is 7.62. The van der Waals surface area contributed by atoms with E-state index in [1.54, 1.807) is 29.5 Å². The van der Waals surface area contributed by atoms with Crippen LogP contribution < -0.4 is 10.7 Å². The second kappa shape index (κ2) is 7.84. The number of hydrogen-bond donors (Lipinski definition) is 1. The smallest absolute Gasteiger partial charge is 0.287 e. The van der Waals surface area contributed by atoms with Crippen LogP contribution in [0.1, 0.15) is 34.3 Å². The van der Waals surface area contributed by atoms with E-state index in [0.29, 0.717) is 22.5 Å². The molecule has 4 rings (SSSR count). The van der Waals surface area contributed by atoms with Crippen LogP contribution in [0, 0.1) is 0 Å². The Morgan fingerprint density at radius 1 is 1.26 bits per heavy atom. The van der Waals surface area contributed by atoms with E-state index in [2.05, 4.69) is 16.3 Å². The summed E-state index contributed by atoms with van der Waals surface area (Å²) in [6, 6.07) is 10.3. The predicted octanol–water partition coefficient (Wildman–Crippen LogP) is 4.07. The van der Waals surface area contributed by atoms with Gasteiger partial charge in [-0.1, -0.05) is 17.7 Å². The first-order valence-electron chi connectivity index (χ1n) is 8.91. The molecular weight excluding hydrogens is 384 g/mol. The fourth-order valence-electron chi connectivity index (χ4n) is 3.46. The highest BCUT2D eigenvalue weighted by Crippen LogP contribution is 2.28. The lowest BCUT2D eigenvalue weighted by Crippen LogP contribution is -2.36. The van der Waals surface area contributed by atoms with Crippen molar-refractivity contribution in [3.05, 3.63) is 67.7 Å². The number of nitrogens with zero attached hydrogens (tertiary/aromatic N) is 1. The highest BCUT2D eigenvalue weighted by molar-refractivity contribution is 7.10. The number of fused-ring (bicyclic) bond motifs is 1.